The van der Waals surface area contributed by atoms with Gasteiger partial charge in [0.05, 0.1) is 11.8 Å². The third kappa shape index (κ3) is 1.20. The first kappa shape index (κ1) is 7.62. The fraction of sp³-hybridized carbons (Fsp3) is 0.111. The van der Waals surface area contributed by atoms with Gasteiger partial charge in [-0.2, -0.15) is 10.4 Å². The van der Waals surface area contributed by atoms with Crippen molar-refractivity contribution in [1.29, 1.82) is 5.26 Å². The quantitative estimate of drug-likeness (QED) is 0.657. The zero-order valence-corrected chi connectivity index (χ0v) is 7.06. The molecule has 0 saturated carbocycles. The average molecular weight is 173 g/mol. The molecule has 0 unspecified atom stereocenters. The van der Waals surface area contributed by atoms with Crippen LogP contribution in [-0.4, -0.2) is 9.78 Å². The van der Waals surface area contributed by atoms with Crippen molar-refractivity contribution in [3.63, 3.8) is 0 Å². The normalized spacial score (nSPS) is 9.85. The molecule has 0 N–H and O–H groups in total. The Hall–Kier alpha value is -2.02. The van der Waals surface area contributed by atoms with E-state index in [-0.39, 0.29) is 0 Å². The minimum Gasteiger partial charge on any atom is -0.464 e. The summed E-state index contributed by atoms with van der Waals surface area (Å²) < 4.78 is 6.76. The second-order valence-corrected chi connectivity index (χ2v) is 2.65. The van der Waals surface area contributed by atoms with Gasteiger partial charge in [-0.05, 0) is 12.1 Å². The van der Waals surface area contributed by atoms with E-state index in [1.807, 2.05) is 6.07 Å². The van der Waals surface area contributed by atoms with Crippen LogP contribution in [0.5, 0.6) is 0 Å². The highest BCUT2D eigenvalue weighted by molar-refractivity contribution is 5.62. The number of nitrogens with zero attached hydrogens (tertiary/aromatic N) is 3. The van der Waals surface area contributed by atoms with Gasteiger partial charge in [-0.1, -0.05) is 0 Å². The number of hydrogen-bond acceptors (Lipinski definition) is 3. The van der Waals surface area contributed by atoms with E-state index in [2.05, 4.69) is 5.10 Å². The second kappa shape index (κ2) is 2.79. The maximum atomic E-state index is 8.76. The van der Waals surface area contributed by atoms with Gasteiger partial charge in [0.25, 0.3) is 0 Å². The lowest BCUT2D eigenvalue weighted by Gasteiger charge is -1.87. The van der Waals surface area contributed by atoms with Gasteiger partial charge < -0.3 is 4.42 Å². The van der Waals surface area contributed by atoms with Crippen LogP contribution in [0.4, 0.5) is 0 Å². The SMILES string of the molecule is Cn1cc(-c2ccco2)c(C#N)n1. The Labute approximate surface area is 75.0 Å². The summed E-state index contributed by atoms with van der Waals surface area (Å²) in [5.41, 5.74) is 1.12. The molecule has 2 aromatic rings. The number of furan rings is 1. The summed E-state index contributed by atoms with van der Waals surface area (Å²) in [6.45, 7) is 0. The van der Waals surface area contributed by atoms with Crippen LogP contribution in [0, 0.1) is 11.3 Å². The van der Waals surface area contributed by atoms with E-state index < -0.39 is 0 Å². The van der Waals surface area contributed by atoms with Crippen LogP contribution in [0.25, 0.3) is 11.3 Å². The molecule has 0 radical (unpaired) electrons. The smallest absolute Gasteiger partial charge is 0.173 e. The molecule has 0 atom stereocenters. The summed E-state index contributed by atoms with van der Waals surface area (Å²) in [6.07, 6.45) is 3.33. The first-order valence-electron chi connectivity index (χ1n) is 3.79. The molecule has 4 nitrogen and oxygen atoms in total. The summed E-state index contributed by atoms with van der Waals surface area (Å²) in [4.78, 5) is 0. The van der Waals surface area contributed by atoms with Crippen LogP contribution < -0.4 is 0 Å². The zero-order valence-electron chi connectivity index (χ0n) is 7.06. The molecule has 0 aromatic carbocycles. The van der Waals surface area contributed by atoms with Gasteiger partial charge in [-0.3, -0.25) is 4.68 Å². The minimum absolute atomic E-state index is 0.387. The monoisotopic (exact) mass is 173 g/mol. The molecular weight excluding hydrogens is 166 g/mol. The molecule has 0 bridgehead atoms. The van der Waals surface area contributed by atoms with E-state index in [1.165, 1.54) is 0 Å². The summed E-state index contributed by atoms with van der Waals surface area (Å²) >= 11 is 0. The molecule has 0 aliphatic heterocycles. The van der Waals surface area contributed by atoms with Crippen molar-refractivity contribution in [1.82, 2.24) is 9.78 Å². The van der Waals surface area contributed by atoms with Crippen LogP contribution >= 0.6 is 0 Å². The zero-order chi connectivity index (χ0) is 9.26. The van der Waals surface area contributed by atoms with Crippen molar-refractivity contribution in [2.75, 3.05) is 0 Å². The maximum absolute atomic E-state index is 8.76. The van der Waals surface area contributed by atoms with E-state index in [1.54, 1.807) is 36.3 Å². The fourth-order valence-electron chi connectivity index (χ4n) is 1.18. The molecule has 0 spiro atoms. The molecule has 2 heterocycles. The predicted octanol–water partition coefficient (Wildman–Crippen LogP) is 1.55. The standard InChI is InChI=1S/C9H7N3O/c1-12-6-7(8(5-10)11-12)9-3-2-4-13-9/h2-4,6H,1H3. The third-order valence-corrected chi connectivity index (χ3v) is 1.72. The third-order valence-electron chi connectivity index (χ3n) is 1.72. The highest BCUT2D eigenvalue weighted by Gasteiger charge is 2.10. The van der Waals surface area contributed by atoms with E-state index in [0.717, 1.165) is 5.56 Å². The van der Waals surface area contributed by atoms with Crippen molar-refractivity contribution in [2.45, 2.75) is 0 Å². The summed E-state index contributed by atoms with van der Waals surface area (Å²) in [6, 6.07) is 5.60. The molecule has 0 amide bonds. The van der Waals surface area contributed by atoms with Gasteiger partial charge >= 0.3 is 0 Å². The topological polar surface area (TPSA) is 54.8 Å². The lowest BCUT2D eigenvalue weighted by Crippen LogP contribution is -1.86. The Bertz CT molecular complexity index is 448. The Kier molecular flexibility index (Phi) is 1.64. The highest BCUT2D eigenvalue weighted by atomic mass is 16.3. The molecule has 2 aromatic heterocycles. The van der Waals surface area contributed by atoms with Crippen molar-refractivity contribution < 1.29 is 4.42 Å². The minimum atomic E-state index is 0.387. The van der Waals surface area contributed by atoms with E-state index in [0.29, 0.717) is 11.5 Å². The van der Waals surface area contributed by atoms with Crippen LogP contribution in [-0.2, 0) is 7.05 Å². The number of nitriles is 1. The number of rotatable bonds is 1. The average Bonchev–Trinajstić information content (AvgIpc) is 2.71. The fourth-order valence-corrected chi connectivity index (χ4v) is 1.18. The van der Waals surface area contributed by atoms with Gasteiger partial charge in [0.2, 0.25) is 0 Å². The number of aryl methyl sites for hydroxylation is 1. The largest absolute Gasteiger partial charge is 0.464 e. The first-order chi connectivity index (χ1) is 6.31. The lowest BCUT2D eigenvalue weighted by molar-refractivity contribution is 0.582. The predicted molar refractivity (Wildman–Crippen MR) is 45.6 cm³/mol. The van der Waals surface area contributed by atoms with Gasteiger partial charge in [-0.15, -0.1) is 0 Å². The first-order valence-corrected chi connectivity index (χ1v) is 3.79. The van der Waals surface area contributed by atoms with Crippen molar-refractivity contribution in [3.05, 3.63) is 30.3 Å². The summed E-state index contributed by atoms with van der Waals surface area (Å²) in [5.74, 6) is 0.671. The van der Waals surface area contributed by atoms with Crippen LogP contribution in [0.3, 0.4) is 0 Å². The van der Waals surface area contributed by atoms with E-state index in [4.69, 9.17) is 9.68 Å². The molecule has 0 fully saturated rings. The Morgan fingerprint density at radius 2 is 2.46 bits per heavy atom. The van der Waals surface area contributed by atoms with Crippen LogP contribution in [0.2, 0.25) is 0 Å². The van der Waals surface area contributed by atoms with Crippen LogP contribution in [0.15, 0.2) is 29.0 Å². The number of hydrogen-bond donors (Lipinski definition) is 0. The van der Waals surface area contributed by atoms with Gasteiger partial charge in [0.15, 0.2) is 5.69 Å². The van der Waals surface area contributed by atoms with Crippen molar-refractivity contribution >= 4 is 0 Å². The van der Waals surface area contributed by atoms with E-state index in [9.17, 15) is 0 Å². The molecule has 0 aliphatic rings. The van der Waals surface area contributed by atoms with Crippen molar-refractivity contribution in [3.8, 4) is 17.4 Å². The molecular formula is C9H7N3O. The molecule has 2 rings (SSSR count). The number of aromatic nitrogens is 2. The highest BCUT2D eigenvalue weighted by Crippen LogP contribution is 2.22. The molecule has 64 valence electrons. The summed E-state index contributed by atoms with van der Waals surface area (Å²) in [7, 11) is 1.77. The van der Waals surface area contributed by atoms with Crippen molar-refractivity contribution in [2.24, 2.45) is 7.05 Å². The second-order valence-electron chi connectivity index (χ2n) is 2.65. The maximum Gasteiger partial charge on any atom is 0.173 e. The van der Waals surface area contributed by atoms with Gasteiger partial charge in [0, 0.05) is 13.2 Å². The van der Waals surface area contributed by atoms with Gasteiger partial charge in [0.1, 0.15) is 11.8 Å². The molecule has 13 heavy (non-hydrogen) atoms. The Morgan fingerprint density at radius 3 is 3.08 bits per heavy atom. The van der Waals surface area contributed by atoms with Crippen LogP contribution in [0.1, 0.15) is 5.69 Å². The van der Waals surface area contributed by atoms with E-state index >= 15 is 0 Å². The Morgan fingerprint density at radius 1 is 1.62 bits per heavy atom. The molecule has 0 aliphatic carbocycles. The summed E-state index contributed by atoms with van der Waals surface area (Å²) in [5, 5.41) is 12.7. The Balaban J connectivity index is 2.59. The molecule has 0 saturated heterocycles. The van der Waals surface area contributed by atoms with Gasteiger partial charge in [-0.25, -0.2) is 0 Å². The lowest BCUT2D eigenvalue weighted by atomic mass is 10.2. The molecule has 4 heteroatoms.